The van der Waals surface area contributed by atoms with Crippen molar-refractivity contribution in [2.75, 3.05) is 0 Å². The van der Waals surface area contributed by atoms with Gasteiger partial charge in [0.1, 0.15) is 0 Å². The number of carbonyl (C=O) groups is 1. The molecular weight excluding hydrogens is 288 g/mol. The Morgan fingerprint density at radius 3 is 2.69 bits per heavy atom. The predicted octanol–water partition coefficient (Wildman–Crippen LogP) is 2.51. The van der Waals surface area contributed by atoms with Gasteiger partial charge in [0.05, 0.1) is 6.04 Å². The van der Waals surface area contributed by atoms with Crippen LogP contribution in [0.5, 0.6) is 0 Å². The lowest BCUT2D eigenvalue weighted by atomic mass is 10.2. The Morgan fingerprint density at radius 2 is 2.19 bits per heavy atom. The van der Waals surface area contributed by atoms with Gasteiger partial charge in [0.25, 0.3) is 0 Å². The molecule has 1 aromatic rings. The molecule has 0 aliphatic heterocycles. The van der Waals surface area contributed by atoms with Crippen LogP contribution in [0.2, 0.25) is 0 Å². The van der Waals surface area contributed by atoms with Crippen LogP contribution in [0.15, 0.2) is 15.9 Å². The fourth-order valence-electron chi connectivity index (χ4n) is 1.20. The lowest BCUT2D eigenvalue weighted by Crippen LogP contribution is -2.44. The summed E-state index contributed by atoms with van der Waals surface area (Å²) in [6.45, 7) is 6.51. The summed E-state index contributed by atoms with van der Waals surface area (Å²) in [4.78, 5) is 12.8. The van der Waals surface area contributed by atoms with Crippen LogP contribution in [-0.4, -0.2) is 18.0 Å². The van der Waals surface area contributed by atoms with E-state index in [9.17, 15) is 4.79 Å². The van der Waals surface area contributed by atoms with Gasteiger partial charge in [0, 0.05) is 21.9 Å². The number of carbonyl (C=O) groups excluding carboxylic acids is 1. The van der Waals surface area contributed by atoms with Crippen molar-refractivity contribution >= 4 is 33.2 Å². The van der Waals surface area contributed by atoms with Gasteiger partial charge in [0.2, 0.25) is 5.91 Å². The third-order valence-corrected chi connectivity index (χ3v) is 4.01. The minimum absolute atomic E-state index is 0.0441. The van der Waals surface area contributed by atoms with Crippen molar-refractivity contribution < 1.29 is 4.79 Å². The van der Waals surface area contributed by atoms with Crippen molar-refractivity contribution in [3.05, 3.63) is 20.8 Å². The van der Waals surface area contributed by atoms with E-state index >= 15 is 0 Å². The summed E-state index contributed by atoms with van der Waals surface area (Å²) in [5.41, 5.74) is 0. The van der Waals surface area contributed by atoms with Crippen LogP contribution in [0.1, 0.15) is 25.6 Å². The summed E-state index contributed by atoms with van der Waals surface area (Å²) >= 11 is 5.14. The monoisotopic (exact) mass is 304 g/mol. The van der Waals surface area contributed by atoms with E-state index in [1.807, 2.05) is 32.2 Å². The zero-order valence-electron chi connectivity index (χ0n) is 9.71. The molecule has 1 heterocycles. The van der Waals surface area contributed by atoms with Crippen LogP contribution < -0.4 is 10.6 Å². The largest absolute Gasteiger partial charge is 0.353 e. The van der Waals surface area contributed by atoms with Crippen molar-refractivity contribution in [1.29, 1.82) is 0 Å². The maximum Gasteiger partial charge on any atom is 0.237 e. The minimum Gasteiger partial charge on any atom is -0.353 e. The minimum atomic E-state index is -0.170. The van der Waals surface area contributed by atoms with E-state index < -0.39 is 0 Å². The van der Waals surface area contributed by atoms with Crippen molar-refractivity contribution in [3.8, 4) is 0 Å². The normalized spacial score (nSPS) is 12.8. The van der Waals surface area contributed by atoms with Gasteiger partial charge < -0.3 is 10.6 Å². The molecule has 5 heteroatoms. The number of rotatable bonds is 5. The molecule has 0 aliphatic rings. The smallest absolute Gasteiger partial charge is 0.237 e. The van der Waals surface area contributed by atoms with Crippen molar-refractivity contribution in [2.45, 2.75) is 39.4 Å². The molecular formula is C11H17BrN2OS. The summed E-state index contributed by atoms with van der Waals surface area (Å²) < 4.78 is 1.10. The van der Waals surface area contributed by atoms with Gasteiger partial charge in [-0.3, -0.25) is 4.79 Å². The fraction of sp³-hybridized carbons (Fsp3) is 0.545. The van der Waals surface area contributed by atoms with Crippen LogP contribution in [0.25, 0.3) is 0 Å². The maximum absolute atomic E-state index is 11.6. The highest BCUT2D eigenvalue weighted by molar-refractivity contribution is 9.10. The lowest BCUT2D eigenvalue weighted by molar-refractivity contribution is -0.123. The van der Waals surface area contributed by atoms with Gasteiger partial charge in [-0.2, -0.15) is 0 Å². The Kier molecular flexibility index (Phi) is 5.44. The molecule has 0 spiro atoms. The third-order valence-electron chi connectivity index (χ3n) is 2.08. The number of amides is 1. The zero-order chi connectivity index (χ0) is 12.1. The molecule has 0 aromatic carbocycles. The number of hydrogen-bond donors (Lipinski definition) is 2. The van der Waals surface area contributed by atoms with Gasteiger partial charge in [0.15, 0.2) is 0 Å². The van der Waals surface area contributed by atoms with Crippen LogP contribution in [0.3, 0.4) is 0 Å². The van der Waals surface area contributed by atoms with E-state index in [1.54, 1.807) is 11.3 Å². The molecule has 2 N–H and O–H groups in total. The average Bonchev–Trinajstić information content (AvgIpc) is 2.59. The quantitative estimate of drug-likeness (QED) is 0.877. The summed E-state index contributed by atoms with van der Waals surface area (Å²) in [7, 11) is 0. The van der Waals surface area contributed by atoms with Crippen LogP contribution in [-0.2, 0) is 11.3 Å². The number of thiophene rings is 1. The molecule has 0 aliphatic carbocycles. The molecule has 1 aromatic heterocycles. The molecule has 0 radical (unpaired) electrons. The predicted molar refractivity (Wildman–Crippen MR) is 71.6 cm³/mol. The Labute approximate surface area is 109 Å². The zero-order valence-corrected chi connectivity index (χ0v) is 12.1. The first-order valence-electron chi connectivity index (χ1n) is 5.26. The average molecular weight is 305 g/mol. The van der Waals surface area contributed by atoms with E-state index in [4.69, 9.17) is 0 Å². The van der Waals surface area contributed by atoms with E-state index in [1.165, 1.54) is 4.88 Å². The number of halogens is 1. The SMILES string of the molecule is CC(C)NC(=O)C(C)NCc1sccc1Br. The second kappa shape index (κ2) is 6.37. The standard InChI is InChI=1S/C11H17BrN2OS/c1-7(2)14-11(15)8(3)13-6-10-9(12)4-5-16-10/h4-5,7-8,13H,6H2,1-3H3,(H,14,15). The first-order valence-corrected chi connectivity index (χ1v) is 6.93. The van der Waals surface area contributed by atoms with E-state index in [-0.39, 0.29) is 18.0 Å². The van der Waals surface area contributed by atoms with Crippen LogP contribution in [0, 0.1) is 0 Å². The van der Waals surface area contributed by atoms with Crippen molar-refractivity contribution in [2.24, 2.45) is 0 Å². The van der Waals surface area contributed by atoms with Gasteiger partial charge >= 0.3 is 0 Å². The Bertz CT molecular complexity index is 352. The first-order chi connectivity index (χ1) is 7.50. The second-order valence-electron chi connectivity index (χ2n) is 3.96. The lowest BCUT2D eigenvalue weighted by Gasteiger charge is -2.15. The molecule has 1 rings (SSSR count). The van der Waals surface area contributed by atoms with Crippen molar-refractivity contribution in [3.63, 3.8) is 0 Å². The Morgan fingerprint density at radius 1 is 1.50 bits per heavy atom. The Balaban J connectivity index is 2.38. The van der Waals surface area contributed by atoms with Crippen molar-refractivity contribution in [1.82, 2.24) is 10.6 Å². The van der Waals surface area contributed by atoms with E-state index in [0.717, 1.165) is 4.47 Å². The van der Waals surface area contributed by atoms with E-state index in [0.29, 0.717) is 6.54 Å². The summed E-state index contributed by atoms with van der Waals surface area (Å²) in [6.07, 6.45) is 0. The van der Waals surface area contributed by atoms with Crippen LogP contribution >= 0.6 is 27.3 Å². The molecule has 1 amide bonds. The summed E-state index contributed by atoms with van der Waals surface area (Å²) in [5.74, 6) is 0.0441. The number of nitrogens with one attached hydrogen (secondary N) is 2. The molecule has 16 heavy (non-hydrogen) atoms. The van der Waals surface area contributed by atoms with Gasteiger partial charge in [-0.25, -0.2) is 0 Å². The maximum atomic E-state index is 11.6. The molecule has 1 unspecified atom stereocenters. The topological polar surface area (TPSA) is 41.1 Å². The highest BCUT2D eigenvalue weighted by Crippen LogP contribution is 2.22. The first kappa shape index (κ1) is 13.7. The fourth-order valence-corrected chi connectivity index (χ4v) is 2.64. The highest BCUT2D eigenvalue weighted by Gasteiger charge is 2.13. The molecule has 1 atom stereocenters. The molecule has 0 bridgehead atoms. The third kappa shape index (κ3) is 4.23. The van der Waals surface area contributed by atoms with E-state index in [2.05, 4.69) is 26.6 Å². The molecule has 3 nitrogen and oxygen atoms in total. The van der Waals surface area contributed by atoms with Gasteiger partial charge in [-0.1, -0.05) is 0 Å². The van der Waals surface area contributed by atoms with Gasteiger partial charge in [-0.05, 0) is 48.1 Å². The molecule has 90 valence electrons. The second-order valence-corrected chi connectivity index (χ2v) is 5.81. The van der Waals surface area contributed by atoms with Crippen LogP contribution in [0.4, 0.5) is 0 Å². The number of hydrogen-bond acceptors (Lipinski definition) is 3. The molecule has 0 saturated heterocycles. The van der Waals surface area contributed by atoms with Gasteiger partial charge in [-0.15, -0.1) is 11.3 Å². The summed E-state index contributed by atoms with van der Waals surface area (Å²) in [5, 5.41) is 8.10. The Hall–Kier alpha value is -0.390. The molecule has 0 fully saturated rings. The highest BCUT2D eigenvalue weighted by atomic mass is 79.9. The molecule has 0 saturated carbocycles. The summed E-state index contributed by atoms with van der Waals surface area (Å²) in [6, 6.07) is 2.03.